The highest BCUT2D eigenvalue weighted by Crippen LogP contribution is 2.39. The zero-order valence-corrected chi connectivity index (χ0v) is 21.5. The van der Waals surface area contributed by atoms with Crippen LogP contribution in [0.2, 0.25) is 0 Å². The van der Waals surface area contributed by atoms with E-state index in [4.69, 9.17) is 12.2 Å². The van der Waals surface area contributed by atoms with E-state index in [2.05, 4.69) is 66.0 Å². The predicted octanol–water partition coefficient (Wildman–Crippen LogP) is 5.69. The zero-order chi connectivity index (χ0) is 23.9. The number of amides is 2. The van der Waals surface area contributed by atoms with Gasteiger partial charge in [-0.2, -0.15) is 0 Å². The molecule has 2 amide bonds. The van der Waals surface area contributed by atoms with Crippen LogP contribution in [0.5, 0.6) is 0 Å². The number of nitrogens with one attached hydrogen (secondary N) is 1. The number of benzene rings is 2. The summed E-state index contributed by atoms with van der Waals surface area (Å²) in [6.45, 7) is 9.66. The number of carbonyl (C=O) groups excluding carboxylic acids is 2. The van der Waals surface area contributed by atoms with Crippen molar-refractivity contribution in [3.8, 4) is 0 Å². The minimum atomic E-state index is -0.489. The summed E-state index contributed by atoms with van der Waals surface area (Å²) in [6, 6.07) is 13.3. The molecule has 2 heterocycles. The Bertz CT molecular complexity index is 1210. The van der Waals surface area contributed by atoms with Crippen LogP contribution < -0.4 is 15.1 Å². The summed E-state index contributed by atoms with van der Waals surface area (Å²) < 4.78 is 0.888. The number of halogens is 1. The van der Waals surface area contributed by atoms with Crippen molar-refractivity contribution in [1.82, 2.24) is 5.32 Å². The molecule has 7 heteroatoms. The van der Waals surface area contributed by atoms with Crippen LogP contribution in [-0.2, 0) is 9.59 Å². The Morgan fingerprint density at radius 2 is 1.82 bits per heavy atom. The lowest BCUT2D eigenvalue weighted by Gasteiger charge is -2.43. The van der Waals surface area contributed by atoms with Crippen molar-refractivity contribution >= 4 is 68.1 Å². The van der Waals surface area contributed by atoms with Crippen molar-refractivity contribution in [2.45, 2.75) is 39.7 Å². The molecule has 5 nitrogen and oxygen atoms in total. The predicted molar refractivity (Wildman–Crippen MR) is 142 cm³/mol. The van der Waals surface area contributed by atoms with Crippen molar-refractivity contribution in [3.05, 3.63) is 69.7 Å². The van der Waals surface area contributed by atoms with E-state index in [1.54, 1.807) is 18.2 Å². The summed E-state index contributed by atoms with van der Waals surface area (Å²) in [5, 5.41) is 2.72. The Morgan fingerprint density at radius 3 is 2.48 bits per heavy atom. The molecule has 2 aromatic rings. The second-order valence-electron chi connectivity index (χ2n) is 8.84. The summed E-state index contributed by atoms with van der Waals surface area (Å²) in [6.07, 6.45) is 4.96. The van der Waals surface area contributed by atoms with Gasteiger partial charge in [0, 0.05) is 22.3 Å². The van der Waals surface area contributed by atoms with Gasteiger partial charge in [0.05, 0.1) is 11.2 Å². The standard InChI is InChI=1S/C26H26BrN3O2S/c1-5-12-29-22-11-6-17(13-20(22)16(2)15-26(29,3)4)14-21-23(31)28-25(33)30(24(21)32)19-9-7-18(27)8-10-19/h6-11,13-15H,5,12H2,1-4H3,(H,28,31,33)/b21-14-. The average Bonchev–Trinajstić information content (AvgIpc) is 2.75. The Labute approximate surface area is 208 Å². The van der Waals surface area contributed by atoms with Crippen LogP contribution in [0, 0.1) is 0 Å². The number of hydrogen-bond donors (Lipinski definition) is 1. The maximum absolute atomic E-state index is 13.3. The number of fused-ring (bicyclic) bond motifs is 1. The molecule has 33 heavy (non-hydrogen) atoms. The van der Waals surface area contributed by atoms with Gasteiger partial charge in [0.25, 0.3) is 11.8 Å². The van der Waals surface area contributed by atoms with E-state index in [1.807, 2.05) is 24.3 Å². The number of thiocarbonyl (C=S) groups is 1. The van der Waals surface area contributed by atoms with E-state index >= 15 is 0 Å². The fourth-order valence-corrected chi connectivity index (χ4v) is 5.02. The van der Waals surface area contributed by atoms with Crippen LogP contribution in [-0.4, -0.2) is 29.0 Å². The molecule has 0 aromatic heterocycles. The number of rotatable bonds is 4. The van der Waals surface area contributed by atoms with Crippen LogP contribution in [0.1, 0.15) is 45.2 Å². The summed E-state index contributed by atoms with van der Waals surface area (Å²) in [4.78, 5) is 29.7. The Balaban J connectivity index is 1.73. The van der Waals surface area contributed by atoms with Crippen LogP contribution in [0.4, 0.5) is 11.4 Å². The first kappa shape index (κ1) is 23.4. The van der Waals surface area contributed by atoms with E-state index in [0.29, 0.717) is 5.69 Å². The monoisotopic (exact) mass is 523 g/mol. The van der Waals surface area contributed by atoms with E-state index in [9.17, 15) is 9.59 Å². The quantitative estimate of drug-likeness (QED) is 0.317. The van der Waals surface area contributed by atoms with Gasteiger partial charge in [-0.05, 0) is 93.0 Å². The number of hydrogen-bond acceptors (Lipinski definition) is 4. The molecule has 0 atom stereocenters. The van der Waals surface area contributed by atoms with Crippen LogP contribution in [0.15, 0.2) is 58.6 Å². The first-order valence-electron chi connectivity index (χ1n) is 10.9. The molecule has 2 aromatic carbocycles. The molecule has 1 N–H and O–H groups in total. The molecule has 0 aliphatic carbocycles. The van der Waals surface area contributed by atoms with Crippen LogP contribution in [0.25, 0.3) is 11.6 Å². The van der Waals surface area contributed by atoms with Gasteiger partial charge < -0.3 is 4.90 Å². The Hall–Kier alpha value is -2.77. The lowest BCUT2D eigenvalue weighted by atomic mass is 9.87. The second kappa shape index (κ2) is 8.88. The summed E-state index contributed by atoms with van der Waals surface area (Å²) in [5.74, 6) is -0.929. The second-order valence-corrected chi connectivity index (χ2v) is 10.1. The smallest absolute Gasteiger partial charge is 0.270 e. The molecule has 4 rings (SSSR count). The third kappa shape index (κ3) is 4.39. The SMILES string of the molecule is CCCN1c2ccc(/C=C3/C(=O)NC(=S)N(c4ccc(Br)cc4)C3=O)cc2C(C)=CC1(C)C. The van der Waals surface area contributed by atoms with Crippen molar-refractivity contribution in [1.29, 1.82) is 0 Å². The fourth-order valence-electron chi connectivity index (χ4n) is 4.47. The van der Waals surface area contributed by atoms with Crippen LogP contribution in [0.3, 0.4) is 0 Å². The van der Waals surface area contributed by atoms with Crippen molar-refractivity contribution in [3.63, 3.8) is 0 Å². The minimum absolute atomic E-state index is 0.0506. The molecule has 0 radical (unpaired) electrons. The molecule has 0 unspecified atom stereocenters. The van der Waals surface area contributed by atoms with Gasteiger partial charge in [-0.15, -0.1) is 0 Å². The molecular formula is C26H26BrN3O2S. The van der Waals surface area contributed by atoms with Gasteiger partial charge in [0.1, 0.15) is 5.57 Å². The Morgan fingerprint density at radius 1 is 1.12 bits per heavy atom. The van der Waals surface area contributed by atoms with E-state index in [1.165, 1.54) is 16.2 Å². The first-order chi connectivity index (χ1) is 15.6. The molecule has 0 bridgehead atoms. The number of allylic oxidation sites excluding steroid dienone is 1. The lowest BCUT2D eigenvalue weighted by Crippen LogP contribution is -2.54. The van der Waals surface area contributed by atoms with Gasteiger partial charge in [-0.25, -0.2) is 0 Å². The third-order valence-corrected chi connectivity index (χ3v) is 6.76. The topological polar surface area (TPSA) is 52.7 Å². The normalized spacial score (nSPS) is 18.9. The lowest BCUT2D eigenvalue weighted by molar-refractivity contribution is -0.122. The number of nitrogens with zero attached hydrogens (tertiary/aromatic N) is 2. The molecular weight excluding hydrogens is 498 g/mol. The van der Waals surface area contributed by atoms with Gasteiger partial charge in [0.15, 0.2) is 5.11 Å². The molecule has 0 saturated carbocycles. The van der Waals surface area contributed by atoms with E-state index < -0.39 is 11.8 Å². The maximum Gasteiger partial charge on any atom is 0.270 e. The number of anilines is 2. The minimum Gasteiger partial charge on any atom is -0.362 e. The molecule has 1 fully saturated rings. The molecule has 170 valence electrons. The van der Waals surface area contributed by atoms with Gasteiger partial charge in [0.2, 0.25) is 0 Å². The maximum atomic E-state index is 13.3. The molecule has 0 spiro atoms. The molecule has 1 saturated heterocycles. The van der Waals surface area contributed by atoms with Gasteiger partial charge >= 0.3 is 0 Å². The van der Waals surface area contributed by atoms with Crippen molar-refractivity contribution in [2.24, 2.45) is 0 Å². The van der Waals surface area contributed by atoms with Gasteiger partial charge in [-0.1, -0.05) is 35.0 Å². The van der Waals surface area contributed by atoms with E-state index in [0.717, 1.165) is 28.6 Å². The third-order valence-electron chi connectivity index (χ3n) is 5.95. The highest BCUT2D eigenvalue weighted by molar-refractivity contribution is 9.10. The average molecular weight is 524 g/mol. The van der Waals surface area contributed by atoms with Gasteiger partial charge in [-0.3, -0.25) is 19.8 Å². The largest absolute Gasteiger partial charge is 0.362 e. The summed E-state index contributed by atoms with van der Waals surface area (Å²) in [5.41, 5.74) is 4.82. The number of carbonyl (C=O) groups is 2. The highest BCUT2D eigenvalue weighted by atomic mass is 79.9. The zero-order valence-electron chi connectivity index (χ0n) is 19.1. The molecule has 2 aliphatic heterocycles. The Kier molecular flexibility index (Phi) is 6.29. The highest BCUT2D eigenvalue weighted by Gasteiger charge is 2.35. The summed E-state index contributed by atoms with van der Waals surface area (Å²) in [7, 11) is 0. The van der Waals surface area contributed by atoms with E-state index in [-0.39, 0.29) is 16.2 Å². The van der Waals surface area contributed by atoms with Crippen molar-refractivity contribution < 1.29 is 9.59 Å². The molecule has 2 aliphatic rings. The summed E-state index contributed by atoms with van der Waals surface area (Å²) >= 11 is 8.69. The van der Waals surface area contributed by atoms with Crippen LogP contribution >= 0.6 is 28.1 Å². The first-order valence-corrected chi connectivity index (χ1v) is 12.1. The van der Waals surface area contributed by atoms with Crippen molar-refractivity contribution in [2.75, 3.05) is 16.3 Å². The fraction of sp³-hybridized carbons (Fsp3) is 0.269.